The average Bonchev–Trinajstić information content (AvgIpc) is 2.79. The van der Waals surface area contributed by atoms with E-state index in [4.69, 9.17) is 9.47 Å². The van der Waals surface area contributed by atoms with Crippen LogP contribution in [0.3, 0.4) is 0 Å². The van der Waals surface area contributed by atoms with Gasteiger partial charge in [0.2, 0.25) is 10.0 Å². The summed E-state index contributed by atoms with van der Waals surface area (Å²) in [5.74, 6) is -1.72. The maximum absolute atomic E-state index is 12.8. The van der Waals surface area contributed by atoms with Crippen molar-refractivity contribution in [2.24, 2.45) is 0 Å². The van der Waals surface area contributed by atoms with Gasteiger partial charge >= 0.3 is 12.1 Å². The van der Waals surface area contributed by atoms with E-state index < -0.39 is 39.7 Å². The van der Waals surface area contributed by atoms with Gasteiger partial charge in [-0.1, -0.05) is 6.07 Å². The van der Waals surface area contributed by atoms with Crippen molar-refractivity contribution in [3.8, 4) is 0 Å². The van der Waals surface area contributed by atoms with Crippen LogP contribution < -0.4 is 5.32 Å². The number of anilines is 1. The number of rotatable bonds is 6. The molecule has 2 aromatic carbocycles. The Bertz CT molecular complexity index is 1110. The van der Waals surface area contributed by atoms with E-state index in [0.29, 0.717) is 13.2 Å². The van der Waals surface area contributed by atoms with Crippen LogP contribution >= 0.6 is 0 Å². The molecule has 1 atom stereocenters. The number of sulfonamides is 1. The van der Waals surface area contributed by atoms with Gasteiger partial charge < -0.3 is 14.8 Å². The maximum atomic E-state index is 12.8. The van der Waals surface area contributed by atoms with Gasteiger partial charge in [0.05, 0.1) is 29.2 Å². The van der Waals surface area contributed by atoms with Crippen LogP contribution in [-0.2, 0) is 30.5 Å². The molecule has 8 nitrogen and oxygen atoms in total. The van der Waals surface area contributed by atoms with Crippen LogP contribution in [-0.4, -0.2) is 57.0 Å². The minimum atomic E-state index is -4.57. The lowest BCUT2D eigenvalue weighted by molar-refractivity contribution is -0.137. The van der Waals surface area contributed by atoms with E-state index in [2.05, 4.69) is 5.32 Å². The number of morpholine rings is 1. The van der Waals surface area contributed by atoms with Crippen LogP contribution in [0.2, 0.25) is 0 Å². The van der Waals surface area contributed by atoms with Gasteiger partial charge in [-0.15, -0.1) is 0 Å². The Morgan fingerprint density at radius 3 is 2.33 bits per heavy atom. The molecule has 1 aliphatic rings. The van der Waals surface area contributed by atoms with Gasteiger partial charge in [0, 0.05) is 18.8 Å². The van der Waals surface area contributed by atoms with Gasteiger partial charge in [-0.3, -0.25) is 4.79 Å². The van der Waals surface area contributed by atoms with E-state index >= 15 is 0 Å². The first-order valence-electron chi connectivity index (χ1n) is 9.85. The molecule has 0 radical (unpaired) electrons. The summed E-state index contributed by atoms with van der Waals surface area (Å²) in [6.45, 7) is 2.31. The molecule has 1 amide bonds. The molecule has 178 valence electrons. The topological polar surface area (TPSA) is 102 Å². The van der Waals surface area contributed by atoms with Crippen molar-refractivity contribution in [2.45, 2.75) is 24.1 Å². The number of ether oxygens (including phenoxy) is 2. The van der Waals surface area contributed by atoms with Gasteiger partial charge in [0.15, 0.2) is 6.10 Å². The Balaban J connectivity index is 1.62. The minimum Gasteiger partial charge on any atom is -0.449 e. The van der Waals surface area contributed by atoms with Crippen LogP contribution in [0.25, 0.3) is 0 Å². The summed E-state index contributed by atoms with van der Waals surface area (Å²) in [5, 5.41) is 2.27. The van der Waals surface area contributed by atoms with E-state index in [1.807, 2.05) is 0 Å². The van der Waals surface area contributed by atoms with Gasteiger partial charge in [0.25, 0.3) is 5.91 Å². The zero-order valence-electron chi connectivity index (χ0n) is 17.5. The number of carbonyl (C=O) groups is 2. The van der Waals surface area contributed by atoms with E-state index in [9.17, 15) is 31.2 Å². The van der Waals surface area contributed by atoms with E-state index in [1.165, 1.54) is 41.6 Å². The highest BCUT2D eigenvalue weighted by molar-refractivity contribution is 7.89. The smallest absolute Gasteiger partial charge is 0.416 e. The molecule has 3 rings (SSSR count). The third kappa shape index (κ3) is 6.09. The third-order valence-corrected chi connectivity index (χ3v) is 6.72. The molecule has 12 heteroatoms. The Morgan fingerprint density at radius 2 is 1.73 bits per heavy atom. The van der Waals surface area contributed by atoms with Gasteiger partial charge in [-0.05, 0) is 49.4 Å². The first-order valence-corrected chi connectivity index (χ1v) is 11.3. The Hall–Kier alpha value is -2.96. The Labute approximate surface area is 188 Å². The van der Waals surface area contributed by atoms with Crippen molar-refractivity contribution in [3.63, 3.8) is 0 Å². The SMILES string of the molecule is CC(OC(=O)c1ccc(S(=O)(=O)N2CCOCC2)cc1)C(=O)Nc1cccc(C(F)(F)F)c1. The predicted octanol–water partition coefficient (Wildman–Crippen LogP) is 2.91. The van der Waals surface area contributed by atoms with E-state index in [-0.39, 0.29) is 29.2 Å². The highest BCUT2D eigenvalue weighted by Gasteiger charge is 2.31. The standard InChI is InChI=1S/C21H21F3N2O6S/c1-14(19(27)25-17-4-2-3-16(13-17)21(22,23)24)32-20(28)15-5-7-18(8-6-15)33(29,30)26-9-11-31-12-10-26/h2-8,13-14H,9-12H2,1H3,(H,25,27). The predicted molar refractivity (Wildman–Crippen MR) is 111 cm³/mol. The fourth-order valence-corrected chi connectivity index (χ4v) is 4.41. The van der Waals surface area contributed by atoms with Crippen molar-refractivity contribution in [1.82, 2.24) is 4.31 Å². The van der Waals surface area contributed by atoms with Crippen LogP contribution in [0.5, 0.6) is 0 Å². The largest absolute Gasteiger partial charge is 0.449 e. The molecule has 1 saturated heterocycles. The van der Waals surface area contributed by atoms with Crippen molar-refractivity contribution in [1.29, 1.82) is 0 Å². The monoisotopic (exact) mass is 486 g/mol. The molecule has 1 N–H and O–H groups in total. The third-order valence-electron chi connectivity index (χ3n) is 4.81. The van der Waals surface area contributed by atoms with Crippen molar-refractivity contribution >= 4 is 27.6 Å². The number of nitrogens with zero attached hydrogens (tertiary/aromatic N) is 1. The molecule has 0 spiro atoms. The lowest BCUT2D eigenvalue weighted by Crippen LogP contribution is -2.40. The molecular weight excluding hydrogens is 465 g/mol. The molecule has 1 fully saturated rings. The second-order valence-corrected chi connectivity index (χ2v) is 9.09. The molecule has 2 aromatic rings. The number of benzene rings is 2. The molecule has 1 heterocycles. The van der Waals surface area contributed by atoms with Gasteiger partial charge in [0.1, 0.15) is 0 Å². The second kappa shape index (κ2) is 9.89. The first-order chi connectivity index (χ1) is 15.5. The summed E-state index contributed by atoms with van der Waals surface area (Å²) >= 11 is 0. The molecule has 1 unspecified atom stereocenters. The summed E-state index contributed by atoms with van der Waals surface area (Å²) < 4.78 is 75.2. The molecule has 0 saturated carbocycles. The zero-order valence-corrected chi connectivity index (χ0v) is 18.3. The highest BCUT2D eigenvalue weighted by Crippen LogP contribution is 2.30. The van der Waals surface area contributed by atoms with Crippen LogP contribution in [0.4, 0.5) is 18.9 Å². The second-order valence-electron chi connectivity index (χ2n) is 7.16. The quantitative estimate of drug-likeness (QED) is 0.630. The number of hydrogen-bond acceptors (Lipinski definition) is 6. The number of hydrogen-bond donors (Lipinski definition) is 1. The zero-order chi connectivity index (χ0) is 24.2. The molecular formula is C21H21F3N2O6S. The number of carbonyl (C=O) groups excluding carboxylic acids is 2. The summed E-state index contributed by atoms with van der Waals surface area (Å²) in [6.07, 6.45) is -5.89. The normalized spacial score (nSPS) is 16.1. The average molecular weight is 486 g/mol. The lowest BCUT2D eigenvalue weighted by atomic mass is 10.2. The summed E-state index contributed by atoms with van der Waals surface area (Å²) in [4.78, 5) is 24.6. The first kappa shape index (κ1) is 24.7. The lowest BCUT2D eigenvalue weighted by Gasteiger charge is -2.26. The van der Waals surface area contributed by atoms with Gasteiger partial charge in [-0.2, -0.15) is 17.5 Å². The Morgan fingerprint density at radius 1 is 1.09 bits per heavy atom. The number of alkyl halides is 3. The van der Waals surface area contributed by atoms with Crippen LogP contribution in [0.1, 0.15) is 22.8 Å². The number of nitrogens with one attached hydrogen (secondary N) is 1. The highest BCUT2D eigenvalue weighted by atomic mass is 32.2. The molecule has 0 aromatic heterocycles. The molecule has 1 aliphatic heterocycles. The fraction of sp³-hybridized carbons (Fsp3) is 0.333. The van der Waals surface area contributed by atoms with E-state index in [1.54, 1.807) is 0 Å². The summed E-state index contributed by atoms with van der Waals surface area (Å²) in [5.41, 5.74) is -1.03. The van der Waals surface area contributed by atoms with Gasteiger partial charge in [-0.25, -0.2) is 13.2 Å². The maximum Gasteiger partial charge on any atom is 0.416 e. The number of esters is 1. The molecule has 0 bridgehead atoms. The Kier molecular flexibility index (Phi) is 7.40. The van der Waals surface area contributed by atoms with E-state index in [0.717, 1.165) is 18.2 Å². The van der Waals surface area contributed by atoms with Crippen molar-refractivity contribution < 1.29 is 40.7 Å². The van der Waals surface area contributed by atoms with Crippen LogP contribution in [0, 0.1) is 0 Å². The van der Waals surface area contributed by atoms with Crippen molar-refractivity contribution in [3.05, 3.63) is 59.7 Å². The van der Waals surface area contributed by atoms with Crippen LogP contribution in [0.15, 0.2) is 53.4 Å². The minimum absolute atomic E-state index is 0.00344. The van der Waals surface area contributed by atoms with Crippen molar-refractivity contribution in [2.75, 3.05) is 31.6 Å². The molecule has 33 heavy (non-hydrogen) atoms. The fourth-order valence-electron chi connectivity index (χ4n) is 3.00. The number of amides is 1. The number of halogens is 3. The summed E-state index contributed by atoms with van der Waals surface area (Å²) in [7, 11) is -3.73. The summed E-state index contributed by atoms with van der Waals surface area (Å²) in [6, 6.07) is 9.07. The molecule has 0 aliphatic carbocycles.